The fourth-order valence-electron chi connectivity index (χ4n) is 2.83. The summed E-state index contributed by atoms with van der Waals surface area (Å²) >= 11 is 3.46. The molecule has 3 aromatic rings. The molecule has 0 unspecified atom stereocenters. The number of carbonyl (C=O) groups excluding carboxylic acids is 2. The number of benzene rings is 2. The van der Waals surface area contributed by atoms with Gasteiger partial charge in [-0.2, -0.15) is 5.10 Å². The van der Waals surface area contributed by atoms with Gasteiger partial charge in [-0.15, -0.1) is 0 Å². The number of aryl methyl sites for hydroxylation is 1. The Balaban J connectivity index is 1.66. The number of halogens is 1. The van der Waals surface area contributed by atoms with Crippen LogP contribution < -0.4 is 15.4 Å². The molecule has 0 aliphatic rings. The lowest BCUT2D eigenvalue weighted by Crippen LogP contribution is -2.26. The Morgan fingerprint density at radius 2 is 1.81 bits per heavy atom. The van der Waals surface area contributed by atoms with Crippen molar-refractivity contribution in [1.29, 1.82) is 0 Å². The lowest BCUT2D eigenvalue weighted by Gasteiger charge is -2.09. The van der Waals surface area contributed by atoms with Crippen LogP contribution in [0, 0.1) is 0 Å². The maximum atomic E-state index is 12.7. The van der Waals surface area contributed by atoms with Gasteiger partial charge in [0.15, 0.2) is 5.69 Å². The summed E-state index contributed by atoms with van der Waals surface area (Å²) < 4.78 is 8.32. The summed E-state index contributed by atoms with van der Waals surface area (Å²) in [5, 5.41) is 9.87. The molecule has 31 heavy (non-hydrogen) atoms. The molecule has 0 aliphatic heterocycles. The van der Waals surface area contributed by atoms with Crippen LogP contribution in [0.25, 0.3) is 0 Å². The van der Waals surface area contributed by atoms with Gasteiger partial charge in [-0.05, 0) is 59.1 Å². The van der Waals surface area contributed by atoms with Crippen molar-refractivity contribution >= 4 is 33.4 Å². The van der Waals surface area contributed by atoms with Gasteiger partial charge in [0.05, 0.1) is 10.2 Å². The van der Waals surface area contributed by atoms with Crippen LogP contribution in [0.3, 0.4) is 0 Å². The number of amides is 2. The van der Waals surface area contributed by atoms with Crippen LogP contribution in [-0.4, -0.2) is 28.1 Å². The summed E-state index contributed by atoms with van der Waals surface area (Å²) in [7, 11) is 0. The molecule has 162 valence electrons. The monoisotopic (exact) mass is 484 g/mol. The number of ether oxygens (including phenoxy) is 1. The number of carbonyl (C=O) groups is 2. The third-order valence-corrected chi connectivity index (χ3v) is 5.19. The first kappa shape index (κ1) is 22.6. The van der Waals surface area contributed by atoms with Gasteiger partial charge in [-0.3, -0.25) is 14.3 Å². The second-order valence-electron chi connectivity index (χ2n) is 6.87. The molecule has 8 heteroatoms. The molecular weight excluding hydrogens is 460 g/mol. The number of para-hydroxylation sites is 1. The quantitative estimate of drug-likeness (QED) is 0.463. The Morgan fingerprint density at radius 1 is 1.06 bits per heavy atom. The molecule has 0 atom stereocenters. The average Bonchev–Trinajstić information content (AvgIpc) is 3.20. The van der Waals surface area contributed by atoms with Crippen molar-refractivity contribution < 1.29 is 14.3 Å². The number of rotatable bonds is 9. The van der Waals surface area contributed by atoms with Gasteiger partial charge in [0.25, 0.3) is 11.8 Å². The van der Waals surface area contributed by atoms with E-state index in [1.807, 2.05) is 50.2 Å². The standard InChI is InChI=1S/C23H25BrN4O3/c1-3-13-25-23(30)21-19(14-28(4-2)27-21)26-22(29)17-11-9-16(10-12-17)15-31-20-8-6-5-7-18(20)24/h5-12,14H,3-4,13,15H2,1-2H3,(H,25,30)(H,26,29). The molecule has 0 spiro atoms. The molecule has 1 heterocycles. The van der Waals surface area contributed by atoms with E-state index >= 15 is 0 Å². The lowest BCUT2D eigenvalue weighted by molar-refractivity contribution is 0.0948. The topological polar surface area (TPSA) is 85.3 Å². The van der Waals surface area contributed by atoms with Crippen molar-refractivity contribution in [2.24, 2.45) is 0 Å². The van der Waals surface area contributed by atoms with E-state index in [2.05, 4.69) is 31.7 Å². The predicted octanol–water partition coefficient (Wildman–Crippen LogP) is 4.64. The van der Waals surface area contributed by atoms with Crippen molar-refractivity contribution in [3.63, 3.8) is 0 Å². The minimum absolute atomic E-state index is 0.210. The molecule has 0 fully saturated rings. The summed E-state index contributed by atoms with van der Waals surface area (Å²) in [4.78, 5) is 25.1. The van der Waals surface area contributed by atoms with Crippen LogP contribution in [0.1, 0.15) is 46.7 Å². The smallest absolute Gasteiger partial charge is 0.273 e. The zero-order chi connectivity index (χ0) is 22.2. The Kier molecular flexibility index (Phi) is 7.83. The largest absolute Gasteiger partial charge is 0.488 e. The van der Waals surface area contributed by atoms with E-state index in [1.54, 1.807) is 23.0 Å². The van der Waals surface area contributed by atoms with E-state index in [4.69, 9.17) is 4.74 Å². The molecular formula is C23H25BrN4O3. The first-order chi connectivity index (χ1) is 15.0. The zero-order valence-electron chi connectivity index (χ0n) is 17.5. The van der Waals surface area contributed by atoms with E-state index in [-0.39, 0.29) is 17.5 Å². The number of hydrogen-bond acceptors (Lipinski definition) is 4. The molecule has 7 nitrogen and oxygen atoms in total. The Bertz CT molecular complexity index is 1050. The predicted molar refractivity (Wildman–Crippen MR) is 123 cm³/mol. The van der Waals surface area contributed by atoms with Gasteiger partial charge < -0.3 is 15.4 Å². The third-order valence-electron chi connectivity index (χ3n) is 4.53. The van der Waals surface area contributed by atoms with Crippen molar-refractivity contribution in [3.8, 4) is 5.75 Å². The second-order valence-corrected chi connectivity index (χ2v) is 7.73. The SMILES string of the molecule is CCCNC(=O)c1nn(CC)cc1NC(=O)c1ccc(COc2ccccc2Br)cc1. The Morgan fingerprint density at radius 3 is 2.48 bits per heavy atom. The highest BCUT2D eigenvalue weighted by Gasteiger charge is 2.18. The molecule has 0 bridgehead atoms. The zero-order valence-corrected chi connectivity index (χ0v) is 19.1. The van der Waals surface area contributed by atoms with Gasteiger partial charge >= 0.3 is 0 Å². The summed E-state index contributed by atoms with van der Waals surface area (Å²) in [5.41, 5.74) is 2.02. The minimum Gasteiger partial charge on any atom is -0.488 e. The highest BCUT2D eigenvalue weighted by Crippen LogP contribution is 2.24. The van der Waals surface area contributed by atoms with Crippen LogP contribution in [-0.2, 0) is 13.2 Å². The van der Waals surface area contributed by atoms with E-state index in [0.29, 0.717) is 30.9 Å². The molecule has 0 saturated heterocycles. The van der Waals surface area contributed by atoms with Gasteiger partial charge in [0.2, 0.25) is 0 Å². The van der Waals surface area contributed by atoms with E-state index in [1.165, 1.54) is 0 Å². The summed E-state index contributed by atoms with van der Waals surface area (Å²) in [5.74, 6) is 0.147. The summed E-state index contributed by atoms with van der Waals surface area (Å²) in [6.07, 6.45) is 2.48. The normalized spacial score (nSPS) is 10.5. The Hall–Kier alpha value is -3.13. The number of aromatic nitrogens is 2. The maximum Gasteiger partial charge on any atom is 0.273 e. The average molecular weight is 485 g/mol. The first-order valence-corrected chi connectivity index (χ1v) is 10.9. The van der Waals surface area contributed by atoms with Crippen molar-refractivity contribution in [2.45, 2.75) is 33.4 Å². The highest BCUT2D eigenvalue weighted by atomic mass is 79.9. The molecule has 2 N–H and O–H groups in total. The molecule has 2 amide bonds. The van der Waals surface area contributed by atoms with E-state index < -0.39 is 0 Å². The Labute approximate surface area is 189 Å². The van der Waals surface area contributed by atoms with Crippen molar-refractivity contribution in [2.75, 3.05) is 11.9 Å². The summed E-state index contributed by atoms with van der Waals surface area (Å²) in [6.45, 7) is 5.42. The van der Waals surface area contributed by atoms with Gasteiger partial charge in [-0.1, -0.05) is 31.2 Å². The lowest BCUT2D eigenvalue weighted by atomic mass is 10.1. The number of nitrogens with one attached hydrogen (secondary N) is 2. The van der Waals surface area contributed by atoms with Crippen LogP contribution in [0.5, 0.6) is 5.75 Å². The molecule has 0 saturated carbocycles. The fraction of sp³-hybridized carbons (Fsp3) is 0.261. The minimum atomic E-state index is -0.307. The first-order valence-electron chi connectivity index (χ1n) is 10.1. The third kappa shape index (κ3) is 5.95. The van der Waals surface area contributed by atoms with Gasteiger partial charge in [0, 0.05) is 24.8 Å². The number of nitrogens with zero attached hydrogens (tertiary/aromatic N) is 2. The van der Waals surface area contributed by atoms with Crippen molar-refractivity contribution in [3.05, 3.63) is 76.0 Å². The molecule has 0 aliphatic carbocycles. The van der Waals surface area contributed by atoms with Gasteiger partial charge in [-0.25, -0.2) is 0 Å². The number of anilines is 1. The second kappa shape index (κ2) is 10.8. The number of hydrogen-bond donors (Lipinski definition) is 2. The summed E-state index contributed by atoms with van der Waals surface area (Å²) in [6, 6.07) is 14.8. The van der Waals surface area contributed by atoms with E-state index in [0.717, 1.165) is 22.2 Å². The fourth-order valence-corrected chi connectivity index (χ4v) is 3.23. The van der Waals surface area contributed by atoms with Crippen LogP contribution in [0.2, 0.25) is 0 Å². The molecule has 3 rings (SSSR count). The van der Waals surface area contributed by atoms with Crippen LogP contribution >= 0.6 is 15.9 Å². The van der Waals surface area contributed by atoms with E-state index in [9.17, 15) is 9.59 Å². The van der Waals surface area contributed by atoms with Gasteiger partial charge in [0.1, 0.15) is 12.4 Å². The molecule has 2 aromatic carbocycles. The maximum absolute atomic E-state index is 12.7. The van der Waals surface area contributed by atoms with Crippen molar-refractivity contribution in [1.82, 2.24) is 15.1 Å². The van der Waals surface area contributed by atoms with Crippen LogP contribution in [0.4, 0.5) is 5.69 Å². The van der Waals surface area contributed by atoms with Crippen LogP contribution in [0.15, 0.2) is 59.2 Å². The highest BCUT2D eigenvalue weighted by molar-refractivity contribution is 9.10. The molecule has 1 aromatic heterocycles. The molecule has 0 radical (unpaired) electrons.